The van der Waals surface area contributed by atoms with Crippen LogP contribution < -0.4 is 0 Å². The summed E-state index contributed by atoms with van der Waals surface area (Å²) in [5, 5.41) is 19.5. The van der Waals surface area contributed by atoms with Gasteiger partial charge in [0.1, 0.15) is 5.41 Å². The van der Waals surface area contributed by atoms with E-state index in [1.165, 1.54) is 6.08 Å². The summed E-state index contributed by atoms with van der Waals surface area (Å²) in [4.78, 5) is 12.7. The highest BCUT2D eigenvalue weighted by Crippen LogP contribution is 2.39. The van der Waals surface area contributed by atoms with Gasteiger partial charge in [-0.15, -0.1) is 0 Å². The number of allylic oxidation sites excluding steroid dienone is 3. The molecule has 21 heavy (non-hydrogen) atoms. The topological polar surface area (TPSA) is 57.5 Å². The SMILES string of the molecule is O=C1C(O)=C(O)C=CC1(c1ccccc1)c1ccccc1. The van der Waals surface area contributed by atoms with Gasteiger partial charge in [-0.05, 0) is 17.2 Å². The number of hydrogen-bond donors (Lipinski definition) is 2. The highest BCUT2D eigenvalue weighted by molar-refractivity contribution is 6.07. The zero-order valence-corrected chi connectivity index (χ0v) is 11.2. The molecule has 0 atom stereocenters. The molecule has 0 saturated heterocycles. The molecule has 0 heterocycles. The fourth-order valence-corrected chi connectivity index (χ4v) is 2.69. The van der Waals surface area contributed by atoms with Crippen molar-refractivity contribution in [2.45, 2.75) is 5.41 Å². The van der Waals surface area contributed by atoms with Crippen molar-refractivity contribution in [2.24, 2.45) is 0 Å². The van der Waals surface area contributed by atoms with Gasteiger partial charge in [-0.2, -0.15) is 0 Å². The standard InChI is InChI=1S/C18H14O3/c19-15-11-12-18(17(21)16(15)20,13-7-3-1-4-8-13)14-9-5-2-6-10-14/h1-12,19-20H. The maximum absolute atomic E-state index is 12.7. The van der Waals surface area contributed by atoms with Crippen LogP contribution in [-0.2, 0) is 10.2 Å². The lowest BCUT2D eigenvalue weighted by Gasteiger charge is -2.32. The predicted molar refractivity (Wildman–Crippen MR) is 80.1 cm³/mol. The van der Waals surface area contributed by atoms with Crippen LogP contribution in [0, 0.1) is 0 Å². The van der Waals surface area contributed by atoms with Crippen LogP contribution >= 0.6 is 0 Å². The molecule has 0 aromatic heterocycles. The van der Waals surface area contributed by atoms with Crippen molar-refractivity contribution < 1.29 is 15.0 Å². The maximum atomic E-state index is 12.7. The van der Waals surface area contributed by atoms with Crippen molar-refractivity contribution in [2.75, 3.05) is 0 Å². The zero-order valence-electron chi connectivity index (χ0n) is 11.2. The average molecular weight is 278 g/mol. The Morgan fingerprint density at radius 3 is 1.71 bits per heavy atom. The van der Waals surface area contributed by atoms with Gasteiger partial charge in [-0.1, -0.05) is 66.7 Å². The molecule has 3 nitrogen and oxygen atoms in total. The molecule has 0 spiro atoms. The maximum Gasteiger partial charge on any atom is 0.219 e. The molecule has 0 aliphatic heterocycles. The first-order chi connectivity index (χ1) is 10.2. The number of Topliss-reactive ketones (excluding diaryl/α,β-unsaturated/α-hetero) is 1. The number of carbonyl (C=O) groups excluding carboxylic acids is 1. The van der Waals surface area contributed by atoms with Crippen LogP contribution in [0.1, 0.15) is 11.1 Å². The minimum absolute atomic E-state index is 0.400. The molecule has 1 aliphatic carbocycles. The highest BCUT2D eigenvalue weighted by atomic mass is 16.3. The van der Waals surface area contributed by atoms with Crippen LogP contribution in [0.3, 0.4) is 0 Å². The molecule has 2 N–H and O–H groups in total. The molecular formula is C18H14O3. The lowest BCUT2D eigenvalue weighted by Crippen LogP contribution is -2.38. The highest BCUT2D eigenvalue weighted by Gasteiger charge is 2.44. The van der Waals surface area contributed by atoms with Crippen LogP contribution in [0.15, 0.2) is 84.3 Å². The first kappa shape index (κ1) is 13.2. The Morgan fingerprint density at radius 1 is 0.762 bits per heavy atom. The van der Waals surface area contributed by atoms with Gasteiger partial charge in [0.15, 0.2) is 5.76 Å². The average Bonchev–Trinajstić information content (AvgIpc) is 2.55. The van der Waals surface area contributed by atoms with Gasteiger partial charge in [0.25, 0.3) is 0 Å². The van der Waals surface area contributed by atoms with E-state index in [2.05, 4.69) is 0 Å². The van der Waals surface area contributed by atoms with Gasteiger partial charge in [-0.25, -0.2) is 0 Å². The van der Waals surface area contributed by atoms with Crippen LogP contribution in [0.5, 0.6) is 0 Å². The van der Waals surface area contributed by atoms with Crippen molar-refractivity contribution in [1.29, 1.82) is 0 Å². The Balaban J connectivity index is 2.29. The molecule has 3 heteroatoms. The Hall–Kier alpha value is -2.81. The number of rotatable bonds is 2. The van der Waals surface area contributed by atoms with Crippen LogP contribution in [0.25, 0.3) is 0 Å². The van der Waals surface area contributed by atoms with E-state index in [0.717, 1.165) is 11.1 Å². The molecule has 104 valence electrons. The van der Waals surface area contributed by atoms with Crippen molar-refractivity contribution in [3.8, 4) is 0 Å². The Bertz CT molecular complexity index is 688. The number of hydrogen-bond acceptors (Lipinski definition) is 3. The lowest BCUT2D eigenvalue weighted by atomic mass is 9.69. The monoisotopic (exact) mass is 278 g/mol. The molecule has 3 rings (SSSR count). The molecule has 0 amide bonds. The number of benzene rings is 2. The third kappa shape index (κ3) is 1.94. The third-order valence-electron chi connectivity index (χ3n) is 3.77. The van der Waals surface area contributed by atoms with Gasteiger partial charge in [-0.3, -0.25) is 4.79 Å². The van der Waals surface area contributed by atoms with Crippen molar-refractivity contribution in [1.82, 2.24) is 0 Å². The Morgan fingerprint density at radius 2 is 1.24 bits per heavy atom. The minimum atomic E-state index is -1.11. The summed E-state index contributed by atoms with van der Waals surface area (Å²) < 4.78 is 0. The second-order valence-electron chi connectivity index (χ2n) is 4.94. The molecule has 0 saturated carbocycles. The first-order valence-electron chi connectivity index (χ1n) is 6.63. The molecule has 0 fully saturated rings. The van der Waals surface area contributed by atoms with E-state index in [9.17, 15) is 15.0 Å². The largest absolute Gasteiger partial charge is 0.504 e. The van der Waals surface area contributed by atoms with Gasteiger partial charge in [0.2, 0.25) is 11.5 Å². The predicted octanol–water partition coefficient (Wildman–Crippen LogP) is 3.44. The van der Waals surface area contributed by atoms with E-state index in [1.807, 2.05) is 60.7 Å². The van der Waals surface area contributed by atoms with Gasteiger partial charge in [0, 0.05) is 0 Å². The number of carbonyl (C=O) groups is 1. The number of aliphatic hydroxyl groups is 2. The van der Waals surface area contributed by atoms with Crippen LogP contribution in [-0.4, -0.2) is 16.0 Å². The molecular weight excluding hydrogens is 264 g/mol. The van der Waals surface area contributed by atoms with Gasteiger partial charge in [0.05, 0.1) is 0 Å². The second-order valence-corrected chi connectivity index (χ2v) is 4.94. The Labute approximate surface area is 122 Å². The molecule has 2 aromatic rings. The lowest BCUT2D eigenvalue weighted by molar-refractivity contribution is -0.121. The normalized spacial score (nSPS) is 17.0. The smallest absolute Gasteiger partial charge is 0.219 e. The van der Waals surface area contributed by atoms with Gasteiger partial charge >= 0.3 is 0 Å². The summed E-state index contributed by atoms with van der Waals surface area (Å²) >= 11 is 0. The number of aliphatic hydroxyl groups excluding tert-OH is 2. The quantitative estimate of drug-likeness (QED) is 0.884. The molecule has 0 bridgehead atoms. The summed E-state index contributed by atoms with van der Waals surface area (Å²) in [5.74, 6) is -1.53. The van der Waals surface area contributed by atoms with E-state index >= 15 is 0 Å². The third-order valence-corrected chi connectivity index (χ3v) is 3.77. The van der Waals surface area contributed by atoms with Gasteiger partial charge < -0.3 is 10.2 Å². The van der Waals surface area contributed by atoms with Crippen molar-refractivity contribution in [3.63, 3.8) is 0 Å². The van der Waals surface area contributed by atoms with E-state index in [4.69, 9.17) is 0 Å². The van der Waals surface area contributed by atoms with E-state index in [-0.39, 0.29) is 0 Å². The van der Waals surface area contributed by atoms with Crippen molar-refractivity contribution >= 4 is 5.78 Å². The molecule has 2 aromatic carbocycles. The minimum Gasteiger partial charge on any atom is -0.504 e. The first-order valence-corrected chi connectivity index (χ1v) is 6.63. The fourth-order valence-electron chi connectivity index (χ4n) is 2.69. The van der Waals surface area contributed by atoms with E-state index in [0.29, 0.717) is 0 Å². The van der Waals surface area contributed by atoms with Crippen LogP contribution in [0.4, 0.5) is 0 Å². The number of ketones is 1. The molecule has 0 radical (unpaired) electrons. The summed E-state index contributed by atoms with van der Waals surface area (Å²) in [6.45, 7) is 0. The summed E-state index contributed by atoms with van der Waals surface area (Å²) in [5.41, 5.74) is 0.381. The summed E-state index contributed by atoms with van der Waals surface area (Å²) in [6.07, 6.45) is 3.01. The zero-order chi connectivity index (χ0) is 14.9. The van der Waals surface area contributed by atoms with Crippen LogP contribution in [0.2, 0.25) is 0 Å². The second kappa shape index (κ2) is 4.94. The van der Waals surface area contributed by atoms with E-state index in [1.54, 1.807) is 6.08 Å². The Kier molecular flexibility index (Phi) is 3.10. The van der Waals surface area contributed by atoms with Crippen molar-refractivity contribution in [3.05, 3.63) is 95.5 Å². The fraction of sp³-hybridized carbons (Fsp3) is 0.0556. The molecule has 1 aliphatic rings. The van der Waals surface area contributed by atoms with E-state index < -0.39 is 22.7 Å². The summed E-state index contributed by atoms with van der Waals surface area (Å²) in [7, 11) is 0. The summed E-state index contributed by atoms with van der Waals surface area (Å²) in [6, 6.07) is 18.5. The molecule has 0 unspecified atom stereocenters.